The molecular formula is C15H12IN5O. The number of amides is 1. The first-order valence-corrected chi connectivity index (χ1v) is 7.61. The summed E-state index contributed by atoms with van der Waals surface area (Å²) in [5.41, 5.74) is 2.16. The predicted octanol–water partition coefficient (Wildman–Crippen LogP) is 2.73. The van der Waals surface area contributed by atoms with Crippen molar-refractivity contribution in [3.63, 3.8) is 0 Å². The monoisotopic (exact) mass is 405 g/mol. The van der Waals surface area contributed by atoms with Crippen molar-refractivity contribution in [3.05, 3.63) is 57.7 Å². The third-order valence-corrected chi connectivity index (χ3v) is 3.76. The Morgan fingerprint density at radius 1 is 1.18 bits per heavy atom. The van der Waals surface area contributed by atoms with E-state index in [4.69, 9.17) is 0 Å². The van der Waals surface area contributed by atoms with E-state index in [-0.39, 0.29) is 5.91 Å². The van der Waals surface area contributed by atoms with Crippen molar-refractivity contribution in [1.29, 1.82) is 0 Å². The van der Waals surface area contributed by atoms with Gasteiger partial charge in [-0.2, -0.15) is 0 Å². The minimum Gasteiger partial charge on any atom is -0.322 e. The number of nitrogens with one attached hydrogen (secondary N) is 1. The van der Waals surface area contributed by atoms with E-state index in [9.17, 15) is 4.79 Å². The molecule has 0 saturated carbocycles. The molecular weight excluding hydrogens is 393 g/mol. The Morgan fingerprint density at radius 2 is 2.00 bits per heavy atom. The van der Waals surface area contributed by atoms with Crippen LogP contribution in [-0.2, 0) is 7.05 Å². The van der Waals surface area contributed by atoms with Crippen molar-refractivity contribution in [1.82, 2.24) is 20.2 Å². The number of hydrogen-bond acceptors (Lipinski definition) is 4. The summed E-state index contributed by atoms with van der Waals surface area (Å²) in [6.45, 7) is 0. The normalized spacial score (nSPS) is 10.5. The second-order valence-corrected chi connectivity index (χ2v) is 5.92. The summed E-state index contributed by atoms with van der Waals surface area (Å²) in [4.78, 5) is 12.3. The van der Waals surface area contributed by atoms with Crippen LogP contribution < -0.4 is 5.32 Å². The lowest BCUT2D eigenvalue weighted by molar-refractivity contribution is 0.102. The molecule has 0 unspecified atom stereocenters. The van der Waals surface area contributed by atoms with Crippen LogP contribution in [0.4, 0.5) is 5.69 Å². The Bertz CT molecular complexity index is 830. The average Bonchev–Trinajstić information content (AvgIpc) is 2.94. The van der Waals surface area contributed by atoms with Gasteiger partial charge >= 0.3 is 0 Å². The van der Waals surface area contributed by atoms with Crippen LogP contribution in [0.15, 0.2) is 48.5 Å². The van der Waals surface area contributed by atoms with Crippen molar-refractivity contribution in [3.8, 4) is 11.4 Å². The SMILES string of the molecule is Cn1nnnc1-c1cccc(NC(=O)c2cccc(I)c2)c1. The molecule has 7 heteroatoms. The number of rotatable bonds is 3. The first-order chi connectivity index (χ1) is 10.6. The molecule has 22 heavy (non-hydrogen) atoms. The molecule has 0 spiro atoms. The fourth-order valence-corrected chi connectivity index (χ4v) is 2.59. The topological polar surface area (TPSA) is 72.7 Å². The van der Waals surface area contributed by atoms with Gasteiger partial charge in [0.25, 0.3) is 5.91 Å². The second kappa shape index (κ2) is 6.22. The standard InChI is InChI=1S/C15H12IN5O/c1-21-14(18-19-20-21)10-4-3-7-13(9-10)17-15(22)11-5-2-6-12(16)8-11/h2-9H,1H3,(H,17,22). The van der Waals surface area contributed by atoms with Crippen LogP contribution in [0.25, 0.3) is 11.4 Å². The van der Waals surface area contributed by atoms with Crippen molar-refractivity contribution in [2.45, 2.75) is 0 Å². The van der Waals surface area contributed by atoms with Gasteiger partial charge in [0.15, 0.2) is 5.82 Å². The lowest BCUT2D eigenvalue weighted by Gasteiger charge is -2.07. The zero-order valence-corrected chi connectivity index (χ0v) is 13.9. The largest absolute Gasteiger partial charge is 0.322 e. The van der Waals surface area contributed by atoms with Crippen LogP contribution in [0.2, 0.25) is 0 Å². The van der Waals surface area contributed by atoms with Crippen molar-refractivity contribution in [2.75, 3.05) is 5.32 Å². The van der Waals surface area contributed by atoms with Gasteiger partial charge in [-0.25, -0.2) is 4.68 Å². The Hall–Kier alpha value is -2.29. The van der Waals surface area contributed by atoms with Gasteiger partial charge in [-0.3, -0.25) is 4.79 Å². The highest BCUT2D eigenvalue weighted by Crippen LogP contribution is 2.20. The van der Waals surface area contributed by atoms with Gasteiger partial charge in [0, 0.05) is 27.4 Å². The van der Waals surface area contributed by atoms with E-state index < -0.39 is 0 Å². The number of hydrogen-bond donors (Lipinski definition) is 1. The van der Waals surface area contributed by atoms with Gasteiger partial charge in [-0.05, 0) is 63.3 Å². The summed E-state index contributed by atoms with van der Waals surface area (Å²) in [7, 11) is 1.77. The highest BCUT2D eigenvalue weighted by Gasteiger charge is 2.09. The van der Waals surface area contributed by atoms with Crippen molar-refractivity contribution >= 4 is 34.2 Å². The third-order valence-electron chi connectivity index (χ3n) is 3.09. The van der Waals surface area contributed by atoms with Gasteiger partial charge in [-0.15, -0.1) is 5.10 Å². The van der Waals surface area contributed by atoms with Crippen LogP contribution in [0, 0.1) is 3.57 Å². The zero-order chi connectivity index (χ0) is 15.5. The fourth-order valence-electron chi connectivity index (χ4n) is 2.04. The molecule has 3 aromatic rings. The molecule has 110 valence electrons. The summed E-state index contributed by atoms with van der Waals surface area (Å²) in [5.74, 6) is 0.497. The quantitative estimate of drug-likeness (QED) is 0.681. The van der Waals surface area contributed by atoms with Gasteiger partial charge in [0.2, 0.25) is 0 Å². The minimum absolute atomic E-state index is 0.147. The molecule has 1 amide bonds. The maximum atomic E-state index is 12.3. The second-order valence-electron chi connectivity index (χ2n) is 4.67. The molecule has 2 aromatic carbocycles. The highest BCUT2D eigenvalue weighted by molar-refractivity contribution is 14.1. The molecule has 0 bridgehead atoms. The molecule has 1 N–H and O–H groups in total. The van der Waals surface area contributed by atoms with Gasteiger partial charge in [0.1, 0.15) is 0 Å². The van der Waals surface area contributed by atoms with E-state index in [2.05, 4.69) is 43.4 Å². The van der Waals surface area contributed by atoms with Gasteiger partial charge in [0.05, 0.1) is 0 Å². The van der Waals surface area contributed by atoms with Crippen molar-refractivity contribution < 1.29 is 4.79 Å². The number of halogens is 1. The number of anilines is 1. The number of tetrazole rings is 1. The lowest BCUT2D eigenvalue weighted by Crippen LogP contribution is -2.12. The molecule has 3 rings (SSSR count). The van der Waals surface area contributed by atoms with Crippen LogP contribution >= 0.6 is 22.6 Å². The van der Waals surface area contributed by atoms with Crippen LogP contribution in [0.5, 0.6) is 0 Å². The van der Waals surface area contributed by atoms with E-state index >= 15 is 0 Å². The Morgan fingerprint density at radius 3 is 2.73 bits per heavy atom. The summed E-state index contributed by atoms with van der Waals surface area (Å²) >= 11 is 2.18. The molecule has 0 radical (unpaired) electrons. The first kappa shape index (κ1) is 14.6. The molecule has 0 saturated heterocycles. The number of benzene rings is 2. The average molecular weight is 405 g/mol. The molecule has 6 nitrogen and oxygen atoms in total. The van der Waals surface area contributed by atoms with Crippen LogP contribution in [-0.4, -0.2) is 26.1 Å². The number of carbonyl (C=O) groups is 1. The summed E-state index contributed by atoms with van der Waals surface area (Å²) in [5, 5.41) is 14.3. The molecule has 0 atom stereocenters. The van der Waals surface area contributed by atoms with E-state index in [1.54, 1.807) is 17.8 Å². The maximum Gasteiger partial charge on any atom is 0.255 e. The number of carbonyl (C=O) groups excluding carboxylic acids is 1. The van der Waals surface area contributed by atoms with E-state index in [0.29, 0.717) is 17.1 Å². The minimum atomic E-state index is -0.147. The van der Waals surface area contributed by atoms with Gasteiger partial charge in [-0.1, -0.05) is 18.2 Å². The number of aryl methyl sites for hydroxylation is 1. The van der Waals surface area contributed by atoms with Crippen molar-refractivity contribution in [2.24, 2.45) is 7.05 Å². The highest BCUT2D eigenvalue weighted by atomic mass is 127. The number of nitrogens with zero attached hydrogens (tertiary/aromatic N) is 4. The Balaban J connectivity index is 1.84. The molecule has 0 aliphatic carbocycles. The smallest absolute Gasteiger partial charge is 0.255 e. The predicted molar refractivity (Wildman–Crippen MR) is 91.3 cm³/mol. The zero-order valence-electron chi connectivity index (χ0n) is 11.7. The van der Waals surface area contributed by atoms with E-state index in [1.165, 1.54) is 0 Å². The fraction of sp³-hybridized carbons (Fsp3) is 0.0667. The van der Waals surface area contributed by atoms with Crippen LogP contribution in [0.1, 0.15) is 10.4 Å². The van der Waals surface area contributed by atoms with Gasteiger partial charge < -0.3 is 5.32 Å². The molecule has 1 aromatic heterocycles. The molecule has 0 aliphatic heterocycles. The van der Waals surface area contributed by atoms with E-state index in [0.717, 1.165) is 9.13 Å². The third kappa shape index (κ3) is 3.14. The Kier molecular flexibility index (Phi) is 4.14. The summed E-state index contributed by atoms with van der Waals surface area (Å²) in [6.07, 6.45) is 0. The molecule has 0 aliphatic rings. The summed E-state index contributed by atoms with van der Waals surface area (Å²) < 4.78 is 2.60. The first-order valence-electron chi connectivity index (χ1n) is 6.53. The molecule has 1 heterocycles. The lowest BCUT2D eigenvalue weighted by atomic mass is 10.1. The van der Waals surface area contributed by atoms with Crippen LogP contribution in [0.3, 0.4) is 0 Å². The maximum absolute atomic E-state index is 12.3. The molecule has 0 fully saturated rings. The van der Waals surface area contributed by atoms with E-state index in [1.807, 2.05) is 42.5 Å². The summed E-state index contributed by atoms with van der Waals surface area (Å²) in [6, 6.07) is 14.9. The number of aromatic nitrogens is 4. The Labute approximate surface area is 140 Å².